The average Bonchev–Trinajstić information content (AvgIpc) is 2.76. The fourth-order valence-corrected chi connectivity index (χ4v) is 3.84. The largest absolute Gasteiger partial charge is 0.331 e. The molecule has 1 heterocycles. The van der Waals surface area contributed by atoms with Crippen LogP contribution in [0.5, 0.6) is 0 Å². The summed E-state index contributed by atoms with van der Waals surface area (Å²) in [4.78, 5) is 15.6. The summed E-state index contributed by atoms with van der Waals surface area (Å²) in [5.41, 5.74) is 0. The van der Waals surface area contributed by atoms with E-state index in [-0.39, 0.29) is 6.03 Å². The Kier molecular flexibility index (Phi) is 6.34. The van der Waals surface area contributed by atoms with E-state index in [0.29, 0.717) is 12.1 Å². The van der Waals surface area contributed by atoms with E-state index < -0.39 is 0 Å². The predicted octanol–water partition coefficient (Wildman–Crippen LogP) is 3.08. The molecule has 1 aliphatic carbocycles. The minimum atomic E-state index is 0.158. The number of carbonyl (C=O) groups is 1. The smallest absolute Gasteiger partial charge is 0.319 e. The highest BCUT2D eigenvalue weighted by Crippen LogP contribution is 2.26. The first-order valence-corrected chi connectivity index (χ1v) is 8.80. The van der Waals surface area contributed by atoms with Gasteiger partial charge in [-0.25, -0.2) is 4.79 Å². The van der Waals surface area contributed by atoms with Crippen molar-refractivity contribution in [3.05, 3.63) is 0 Å². The quantitative estimate of drug-likeness (QED) is 0.812. The van der Waals surface area contributed by atoms with Gasteiger partial charge in [0.15, 0.2) is 0 Å². The Morgan fingerprint density at radius 1 is 1.05 bits per heavy atom. The Bertz CT molecular complexity index is 316. The molecule has 1 aliphatic heterocycles. The van der Waals surface area contributed by atoms with Crippen molar-refractivity contribution in [1.29, 1.82) is 0 Å². The minimum absolute atomic E-state index is 0.158. The van der Waals surface area contributed by atoms with Gasteiger partial charge >= 0.3 is 6.03 Å². The first kappa shape index (κ1) is 16.6. The van der Waals surface area contributed by atoms with Gasteiger partial charge in [0.1, 0.15) is 0 Å². The van der Waals surface area contributed by atoms with E-state index in [1.807, 2.05) is 19.0 Å². The van der Waals surface area contributed by atoms with E-state index in [1.165, 1.54) is 38.5 Å². The molecule has 1 atom stereocenters. The SMILES string of the molecule is C[C@@H](NC1CCN(C(=O)N(C)C)CC1)C1CCCCCC1. The van der Waals surface area contributed by atoms with Crippen LogP contribution < -0.4 is 5.32 Å². The van der Waals surface area contributed by atoms with Crippen molar-refractivity contribution in [2.75, 3.05) is 27.2 Å². The third-order valence-electron chi connectivity index (χ3n) is 5.25. The number of likely N-dealkylation sites (tertiary alicyclic amines) is 1. The fraction of sp³-hybridized carbons (Fsp3) is 0.941. The third kappa shape index (κ3) is 4.87. The summed E-state index contributed by atoms with van der Waals surface area (Å²) in [5.74, 6) is 0.855. The molecule has 0 bridgehead atoms. The Labute approximate surface area is 130 Å². The van der Waals surface area contributed by atoms with Crippen LogP contribution >= 0.6 is 0 Å². The van der Waals surface area contributed by atoms with Gasteiger partial charge in [0, 0.05) is 39.3 Å². The summed E-state index contributed by atoms with van der Waals surface area (Å²) in [6.07, 6.45) is 10.6. The number of piperidine rings is 1. The zero-order valence-electron chi connectivity index (χ0n) is 14.1. The second-order valence-corrected chi connectivity index (χ2v) is 7.15. The molecule has 1 saturated heterocycles. The van der Waals surface area contributed by atoms with Gasteiger partial charge in [0.25, 0.3) is 0 Å². The maximum atomic E-state index is 11.9. The molecule has 4 heteroatoms. The first-order valence-electron chi connectivity index (χ1n) is 8.80. The van der Waals surface area contributed by atoms with Crippen LogP contribution in [0.25, 0.3) is 0 Å². The Hall–Kier alpha value is -0.770. The monoisotopic (exact) mass is 295 g/mol. The summed E-state index contributed by atoms with van der Waals surface area (Å²) in [6, 6.07) is 1.38. The Balaban J connectivity index is 1.73. The lowest BCUT2D eigenvalue weighted by atomic mass is 9.91. The third-order valence-corrected chi connectivity index (χ3v) is 5.25. The van der Waals surface area contributed by atoms with E-state index in [4.69, 9.17) is 0 Å². The Morgan fingerprint density at radius 2 is 1.62 bits per heavy atom. The maximum absolute atomic E-state index is 11.9. The average molecular weight is 295 g/mol. The lowest BCUT2D eigenvalue weighted by molar-refractivity contribution is 0.148. The van der Waals surface area contributed by atoms with Crippen LogP contribution in [0.2, 0.25) is 0 Å². The van der Waals surface area contributed by atoms with Crippen LogP contribution in [-0.4, -0.2) is 55.1 Å². The molecule has 0 aromatic rings. The Morgan fingerprint density at radius 3 is 2.14 bits per heavy atom. The molecule has 4 nitrogen and oxygen atoms in total. The second-order valence-electron chi connectivity index (χ2n) is 7.15. The molecule has 122 valence electrons. The van der Waals surface area contributed by atoms with Crippen LogP contribution in [0.15, 0.2) is 0 Å². The second kappa shape index (κ2) is 8.02. The number of nitrogens with one attached hydrogen (secondary N) is 1. The van der Waals surface area contributed by atoms with Crippen molar-refractivity contribution < 1.29 is 4.79 Å². The number of amides is 2. The van der Waals surface area contributed by atoms with Crippen LogP contribution in [0.4, 0.5) is 4.79 Å². The number of nitrogens with zero attached hydrogens (tertiary/aromatic N) is 2. The van der Waals surface area contributed by atoms with E-state index in [9.17, 15) is 4.79 Å². The molecule has 2 fully saturated rings. The first-order chi connectivity index (χ1) is 10.1. The van der Waals surface area contributed by atoms with Gasteiger partial charge in [-0.15, -0.1) is 0 Å². The van der Waals surface area contributed by atoms with Crippen LogP contribution in [-0.2, 0) is 0 Å². The standard InChI is InChI=1S/C17H33N3O/c1-14(15-8-6-4-5-7-9-15)18-16-10-12-20(13-11-16)17(21)19(2)3/h14-16,18H,4-13H2,1-3H3/t14-/m1/s1. The molecule has 2 rings (SSSR count). The van der Waals surface area contributed by atoms with Crippen molar-refractivity contribution in [3.63, 3.8) is 0 Å². The molecule has 0 spiro atoms. The topological polar surface area (TPSA) is 35.6 Å². The summed E-state index contributed by atoms with van der Waals surface area (Å²) < 4.78 is 0. The minimum Gasteiger partial charge on any atom is -0.331 e. The van der Waals surface area contributed by atoms with Crippen LogP contribution in [0.3, 0.4) is 0 Å². The van der Waals surface area contributed by atoms with Crippen LogP contribution in [0, 0.1) is 5.92 Å². The lowest BCUT2D eigenvalue weighted by Crippen LogP contribution is -2.50. The lowest BCUT2D eigenvalue weighted by Gasteiger charge is -2.36. The van der Waals surface area contributed by atoms with E-state index in [2.05, 4.69) is 12.2 Å². The van der Waals surface area contributed by atoms with E-state index >= 15 is 0 Å². The molecular formula is C17H33N3O. The van der Waals surface area contributed by atoms with E-state index in [0.717, 1.165) is 31.8 Å². The summed E-state index contributed by atoms with van der Waals surface area (Å²) >= 11 is 0. The molecule has 21 heavy (non-hydrogen) atoms. The molecule has 2 aliphatic rings. The maximum Gasteiger partial charge on any atom is 0.319 e. The number of carbonyl (C=O) groups excluding carboxylic acids is 1. The highest BCUT2D eigenvalue weighted by atomic mass is 16.2. The number of hydrogen-bond acceptors (Lipinski definition) is 2. The van der Waals surface area contributed by atoms with E-state index in [1.54, 1.807) is 4.90 Å². The summed E-state index contributed by atoms with van der Waals surface area (Å²) in [5, 5.41) is 3.85. The van der Waals surface area contributed by atoms with Gasteiger partial charge in [0.2, 0.25) is 0 Å². The molecular weight excluding hydrogens is 262 g/mol. The summed E-state index contributed by atoms with van der Waals surface area (Å²) in [6.45, 7) is 4.16. The fourth-order valence-electron chi connectivity index (χ4n) is 3.84. The molecule has 1 N–H and O–H groups in total. The van der Waals surface area contributed by atoms with Crippen molar-refractivity contribution in [2.45, 2.75) is 70.4 Å². The molecule has 0 unspecified atom stereocenters. The van der Waals surface area contributed by atoms with Gasteiger partial charge in [-0.3, -0.25) is 0 Å². The van der Waals surface area contributed by atoms with Gasteiger partial charge in [-0.2, -0.15) is 0 Å². The predicted molar refractivity (Wildman–Crippen MR) is 87.5 cm³/mol. The van der Waals surface area contributed by atoms with Gasteiger partial charge in [-0.05, 0) is 38.5 Å². The number of urea groups is 1. The zero-order valence-corrected chi connectivity index (χ0v) is 14.1. The molecule has 0 aromatic carbocycles. The van der Waals surface area contributed by atoms with Gasteiger partial charge in [-0.1, -0.05) is 25.7 Å². The number of hydrogen-bond donors (Lipinski definition) is 1. The zero-order chi connectivity index (χ0) is 15.2. The number of rotatable bonds is 3. The van der Waals surface area contributed by atoms with Crippen molar-refractivity contribution in [1.82, 2.24) is 15.1 Å². The molecule has 0 radical (unpaired) electrons. The van der Waals surface area contributed by atoms with Crippen molar-refractivity contribution >= 4 is 6.03 Å². The molecule has 2 amide bonds. The summed E-state index contributed by atoms with van der Waals surface area (Å²) in [7, 11) is 3.67. The highest BCUT2D eigenvalue weighted by Gasteiger charge is 2.26. The molecule has 0 aromatic heterocycles. The normalized spacial score (nSPS) is 23.7. The van der Waals surface area contributed by atoms with Gasteiger partial charge < -0.3 is 15.1 Å². The van der Waals surface area contributed by atoms with Crippen molar-refractivity contribution in [3.8, 4) is 0 Å². The van der Waals surface area contributed by atoms with Crippen molar-refractivity contribution in [2.24, 2.45) is 5.92 Å². The highest BCUT2D eigenvalue weighted by molar-refractivity contribution is 5.73. The molecule has 1 saturated carbocycles. The van der Waals surface area contributed by atoms with Gasteiger partial charge in [0.05, 0.1) is 0 Å². The van der Waals surface area contributed by atoms with Crippen LogP contribution in [0.1, 0.15) is 58.3 Å².